The number of anilines is 2. The smallest absolute Gasteiger partial charge is 0.257 e. The Morgan fingerprint density at radius 1 is 1.38 bits per heavy atom. The first-order valence-corrected chi connectivity index (χ1v) is 10.2. The van der Waals surface area contributed by atoms with E-state index in [0.29, 0.717) is 22.2 Å². The largest absolute Gasteiger partial charge is 0.396 e. The molecule has 0 bridgehead atoms. The highest BCUT2D eigenvalue weighted by atomic mass is 35.5. The molecule has 0 atom stereocenters. The molecule has 138 valence electrons. The predicted molar refractivity (Wildman–Crippen MR) is 107 cm³/mol. The third-order valence-electron chi connectivity index (χ3n) is 4.63. The summed E-state index contributed by atoms with van der Waals surface area (Å²) in [7, 11) is 0. The number of rotatable bonds is 5. The molecule has 26 heavy (non-hydrogen) atoms. The molecule has 1 amide bonds. The fourth-order valence-electron chi connectivity index (χ4n) is 3.07. The van der Waals surface area contributed by atoms with Gasteiger partial charge in [-0.05, 0) is 55.3 Å². The van der Waals surface area contributed by atoms with E-state index in [2.05, 4.69) is 15.2 Å². The average Bonchev–Trinajstić information content (AvgIpc) is 2.69. The number of benzene rings is 1. The first kappa shape index (κ1) is 19.0. The number of hydrogen-bond donors (Lipinski definition) is 2. The number of piperidine rings is 1. The Morgan fingerprint density at radius 3 is 2.85 bits per heavy atom. The molecule has 0 spiro atoms. The van der Waals surface area contributed by atoms with Crippen molar-refractivity contribution >= 4 is 40.8 Å². The number of nitrogens with one attached hydrogen (secondary N) is 1. The molecule has 1 aromatic heterocycles. The molecule has 1 fully saturated rings. The van der Waals surface area contributed by atoms with Gasteiger partial charge in [-0.3, -0.25) is 4.79 Å². The predicted octanol–water partition coefficient (Wildman–Crippen LogP) is 3.92. The van der Waals surface area contributed by atoms with Crippen molar-refractivity contribution < 1.29 is 9.90 Å². The van der Waals surface area contributed by atoms with Gasteiger partial charge in [0.1, 0.15) is 0 Å². The number of carbonyl (C=O) groups is 1. The van der Waals surface area contributed by atoms with Crippen molar-refractivity contribution in [2.24, 2.45) is 5.92 Å². The number of carbonyl (C=O) groups excluding carboxylic acids is 1. The van der Waals surface area contributed by atoms with E-state index in [1.54, 1.807) is 36.2 Å². The number of pyridine rings is 1. The van der Waals surface area contributed by atoms with Crippen LogP contribution < -0.4 is 10.2 Å². The number of aromatic nitrogens is 1. The summed E-state index contributed by atoms with van der Waals surface area (Å²) < 4.78 is 0. The van der Waals surface area contributed by atoms with Crippen LogP contribution in [-0.2, 0) is 0 Å². The van der Waals surface area contributed by atoms with E-state index < -0.39 is 0 Å². The zero-order valence-electron chi connectivity index (χ0n) is 14.6. The van der Waals surface area contributed by atoms with Crippen LogP contribution in [0.5, 0.6) is 0 Å². The Bertz CT molecular complexity index is 779. The van der Waals surface area contributed by atoms with Crippen molar-refractivity contribution in [3.8, 4) is 0 Å². The second kappa shape index (κ2) is 8.75. The highest BCUT2D eigenvalue weighted by Crippen LogP contribution is 2.29. The van der Waals surface area contributed by atoms with Crippen molar-refractivity contribution in [1.82, 2.24) is 4.98 Å². The molecular formula is C19H22ClN3O2S. The van der Waals surface area contributed by atoms with Gasteiger partial charge < -0.3 is 15.3 Å². The summed E-state index contributed by atoms with van der Waals surface area (Å²) in [6.45, 7) is 1.85. The molecular weight excluding hydrogens is 370 g/mol. The van der Waals surface area contributed by atoms with E-state index in [1.807, 2.05) is 18.4 Å². The van der Waals surface area contributed by atoms with Crippen LogP contribution in [0.15, 0.2) is 41.4 Å². The van der Waals surface area contributed by atoms with E-state index in [4.69, 9.17) is 11.6 Å². The Labute approximate surface area is 162 Å². The molecule has 0 aliphatic carbocycles. The monoisotopic (exact) mass is 391 g/mol. The summed E-state index contributed by atoms with van der Waals surface area (Å²) >= 11 is 7.78. The molecule has 1 aliphatic rings. The maximum absolute atomic E-state index is 12.8. The minimum absolute atomic E-state index is 0.226. The van der Waals surface area contributed by atoms with Gasteiger partial charge in [0.15, 0.2) is 5.82 Å². The van der Waals surface area contributed by atoms with E-state index in [1.165, 1.54) is 0 Å². The third kappa shape index (κ3) is 4.31. The fourth-order valence-corrected chi connectivity index (χ4v) is 3.71. The van der Waals surface area contributed by atoms with E-state index in [-0.39, 0.29) is 12.5 Å². The van der Waals surface area contributed by atoms with Crippen LogP contribution in [0.4, 0.5) is 11.5 Å². The normalized spacial score (nSPS) is 15.1. The van der Waals surface area contributed by atoms with Crippen LogP contribution in [0.3, 0.4) is 0 Å². The number of hydrogen-bond acceptors (Lipinski definition) is 5. The summed E-state index contributed by atoms with van der Waals surface area (Å²) in [5, 5.41) is 12.7. The van der Waals surface area contributed by atoms with Crippen LogP contribution >= 0.6 is 23.4 Å². The van der Waals surface area contributed by atoms with Crippen molar-refractivity contribution in [3.05, 3.63) is 47.1 Å². The van der Waals surface area contributed by atoms with Crippen molar-refractivity contribution in [2.75, 3.05) is 36.2 Å². The first-order chi connectivity index (χ1) is 12.6. The second-order valence-corrected chi connectivity index (χ2v) is 7.57. The molecule has 2 heterocycles. The Hall–Kier alpha value is -1.76. The minimum atomic E-state index is -0.245. The number of amides is 1. The van der Waals surface area contributed by atoms with Crippen molar-refractivity contribution in [3.63, 3.8) is 0 Å². The number of halogens is 1. The zero-order chi connectivity index (χ0) is 18.5. The lowest BCUT2D eigenvalue weighted by atomic mass is 9.98. The number of thioether (sulfide) groups is 1. The molecule has 1 aromatic carbocycles. The van der Waals surface area contributed by atoms with Crippen LogP contribution in [-0.4, -0.2) is 41.9 Å². The average molecular weight is 392 g/mol. The van der Waals surface area contributed by atoms with Crippen LogP contribution in [0, 0.1) is 5.92 Å². The standard InChI is InChI=1S/C19H22ClN3O2S/c1-26-14-4-5-16(20)15(11-14)19(25)22-17-3-2-8-21-18(17)23-9-6-13(12-24)7-10-23/h2-5,8,11,13,24H,6-7,9-10,12H2,1H3,(H,22,25). The maximum atomic E-state index is 12.8. The summed E-state index contributed by atoms with van der Waals surface area (Å²) in [6.07, 6.45) is 5.52. The van der Waals surface area contributed by atoms with Gasteiger partial charge in [-0.25, -0.2) is 4.98 Å². The number of aliphatic hydroxyl groups excluding tert-OH is 1. The van der Waals surface area contributed by atoms with Gasteiger partial charge in [0, 0.05) is 30.8 Å². The Balaban J connectivity index is 1.79. The van der Waals surface area contributed by atoms with E-state index in [9.17, 15) is 9.90 Å². The van der Waals surface area contributed by atoms with Crippen LogP contribution in [0.25, 0.3) is 0 Å². The summed E-state index contributed by atoms with van der Waals surface area (Å²) in [6, 6.07) is 9.09. The zero-order valence-corrected chi connectivity index (χ0v) is 16.2. The number of aliphatic hydroxyl groups is 1. The topological polar surface area (TPSA) is 65.5 Å². The Morgan fingerprint density at radius 2 is 2.15 bits per heavy atom. The lowest BCUT2D eigenvalue weighted by Gasteiger charge is -2.33. The SMILES string of the molecule is CSc1ccc(Cl)c(C(=O)Nc2cccnc2N2CCC(CO)CC2)c1. The molecule has 7 heteroatoms. The van der Waals surface area contributed by atoms with Gasteiger partial charge in [-0.2, -0.15) is 0 Å². The van der Waals surface area contributed by atoms with E-state index in [0.717, 1.165) is 36.6 Å². The van der Waals surface area contributed by atoms with Gasteiger partial charge in [0.25, 0.3) is 5.91 Å². The summed E-state index contributed by atoms with van der Waals surface area (Å²) in [5.41, 5.74) is 1.12. The third-order valence-corrected chi connectivity index (χ3v) is 5.68. The lowest BCUT2D eigenvalue weighted by molar-refractivity contribution is 0.102. The molecule has 0 radical (unpaired) electrons. The highest BCUT2D eigenvalue weighted by Gasteiger charge is 2.22. The lowest BCUT2D eigenvalue weighted by Crippen LogP contribution is -2.35. The molecule has 0 saturated carbocycles. The molecule has 2 aromatic rings. The molecule has 1 saturated heterocycles. The molecule has 3 rings (SSSR count). The molecule has 0 unspecified atom stereocenters. The fraction of sp³-hybridized carbons (Fsp3) is 0.368. The van der Waals surface area contributed by atoms with Gasteiger partial charge in [0.05, 0.1) is 16.3 Å². The van der Waals surface area contributed by atoms with Gasteiger partial charge in [-0.15, -0.1) is 11.8 Å². The van der Waals surface area contributed by atoms with Crippen LogP contribution in [0.1, 0.15) is 23.2 Å². The van der Waals surface area contributed by atoms with Crippen LogP contribution in [0.2, 0.25) is 5.02 Å². The number of nitrogens with zero attached hydrogens (tertiary/aromatic N) is 2. The maximum Gasteiger partial charge on any atom is 0.257 e. The summed E-state index contributed by atoms with van der Waals surface area (Å²) in [4.78, 5) is 20.4. The van der Waals surface area contributed by atoms with E-state index >= 15 is 0 Å². The van der Waals surface area contributed by atoms with Gasteiger partial charge in [0.2, 0.25) is 0 Å². The summed E-state index contributed by atoms with van der Waals surface area (Å²) in [5.74, 6) is 0.862. The van der Waals surface area contributed by atoms with Gasteiger partial charge in [-0.1, -0.05) is 11.6 Å². The minimum Gasteiger partial charge on any atom is -0.396 e. The van der Waals surface area contributed by atoms with Gasteiger partial charge >= 0.3 is 0 Å². The molecule has 5 nitrogen and oxygen atoms in total. The first-order valence-electron chi connectivity index (χ1n) is 8.58. The van der Waals surface area contributed by atoms with Crippen molar-refractivity contribution in [1.29, 1.82) is 0 Å². The quantitative estimate of drug-likeness (QED) is 0.756. The second-order valence-electron chi connectivity index (χ2n) is 6.29. The van der Waals surface area contributed by atoms with Crippen molar-refractivity contribution in [2.45, 2.75) is 17.7 Å². The Kier molecular flexibility index (Phi) is 6.40. The molecule has 1 aliphatic heterocycles. The molecule has 2 N–H and O–H groups in total. The highest BCUT2D eigenvalue weighted by molar-refractivity contribution is 7.98.